The van der Waals surface area contributed by atoms with Gasteiger partial charge in [0.05, 0.1) is 5.92 Å². The average molecular weight is 152 g/mol. The second-order valence-electron chi connectivity index (χ2n) is 4.20. The summed E-state index contributed by atoms with van der Waals surface area (Å²) in [7, 11) is 0. The van der Waals surface area contributed by atoms with Crippen LogP contribution < -0.4 is 0 Å². The Bertz CT molecular complexity index is 220. The molecule has 2 bridgehead atoms. The van der Waals surface area contributed by atoms with Gasteiger partial charge in [0.15, 0.2) is 0 Å². The van der Waals surface area contributed by atoms with Crippen LogP contribution >= 0.6 is 0 Å². The first-order chi connectivity index (χ1) is 5.30. The molecule has 0 unspecified atom stereocenters. The standard InChI is InChI=1S/C9H12O2/c10-8-6-3-4-9(5-6,11-8)7-1-2-7/h6-7H,1-5H2/t6-,9+/m0/s1. The molecule has 2 aliphatic carbocycles. The topological polar surface area (TPSA) is 26.3 Å². The van der Waals surface area contributed by atoms with Crippen LogP contribution in [0.2, 0.25) is 0 Å². The van der Waals surface area contributed by atoms with Crippen molar-refractivity contribution in [3.63, 3.8) is 0 Å². The maximum absolute atomic E-state index is 11.2. The van der Waals surface area contributed by atoms with Gasteiger partial charge in [-0.1, -0.05) is 0 Å². The number of esters is 1. The van der Waals surface area contributed by atoms with Gasteiger partial charge in [-0.25, -0.2) is 0 Å². The van der Waals surface area contributed by atoms with E-state index in [4.69, 9.17) is 4.74 Å². The van der Waals surface area contributed by atoms with Crippen molar-refractivity contribution in [2.75, 3.05) is 0 Å². The Morgan fingerprint density at radius 3 is 2.64 bits per heavy atom. The number of ether oxygens (including phenoxy) is 1. The molecule has 2 saturated carbocycles. The molecule has 0 amide bonds. The lowest BCUT2D eigenvalue weighted by Crippen LogP contribution is -2.30. The summed E-state index contributed by atoms with van der Waals surface area (Å²) in [6.07, 6.45) is 5.86. The highest BCUT2D eigenvalue weighted by Gasteiger charge is 2.59. The van der Waals surface area contributed by atoms with Crippen molar-refractivity contribution in [3.8, 4) is 0 Å². The number of carbonyl (C=O) groups is 1. The predicted molar refractivity (Wildman–Crippen MR) is 38.9 cm³/mol. The zero-order valence-electron chi connectivity index (χ0n) is 6.51. The average Bonchev–Trinajstić information content (AvgIpc) is 2.70. The molecule has 1 saturated heterocycles. The van der Waals surface area contributed by atoms with Crippen molar-refractivity contribution in [3.05, 3.63) is 0 Å². The van der Waals surface area contributed by atoms with Crippen LogP contribution in [0.4, 0.5) is 0 Å². The molecule has 11 heavy (non-hydrogen) atoms. The molecule has 60 valence electrons. The lowest BCUT2D eigenvalue weighted by Gasteiger charge is -2.25. The Balaban J connectivity index is 1.93. The molecule has 0 aromatic heterocycles. The number of rotatable bonds is 1. The fraction of sp³-hybridized carbons (Fsp3) is 0.889. The number of hydrogen-bond donors (Lipinski definition) is 0. The van der Waals surface area contributed by atoms with Crippen molar-refractivity contribution in [1.29, 1.82) is 0 Å². The highest BCUT2D eigenvalue weighted by molar-refractivity contribution is 5.76. The monoisotopic (exact) mass is 152 g/mol. The van der Waals surface area contributed by atoms with Crippen LogP contribution in [-0.2, 0) is 9.53 Å². The summed E-state index contributed by atoms with van der Waals surface area (Å²) in [6.45, 7) is 0. The molecule has 3 rings (SSSR count). The molecule has 0 aromatic rings. The van der Waals surface area contributed by atoms with Gasteiger partial charge in [-0.05, 0) is 31.6 Å². The van der Waals surface area contributed by atoms with Gasteiger partial charge >= 0.3 is 5.97 Å². The molecule has 2 atom stereocenters. The van der Waals surface area contributed by atoms with E-state index in [2.05, 4.69) is 0 Å². The van der Waals surface area contributed by atoms with Crippen molar-refractivity contribution < 1.29 is 9.53 Å². The van der Waals surface area contributed by atoms with E-state index in [1.54, 1.807) is 0 Å². The normalized spacial score (nSPS) is 48.0. The Kier molecular flexibility index (Phi) is 0.890. The maximum Gasteiger partial charge on any atom is 0.309 e. The third-order valence-electron chi connectivity index (χ3n) is 3.47. The summed E-state index contributed by atoms with van der Waals surface area (Å²) >= 11 is 0. The highest BCUT2D eigenvalue weighted by atomic mass is 16.6. The molecular weight excluding hydrogens is 140 g/mol. The minimum Gasteiger partial charge on any atom is -0.459 e. The van der Waals surface area contributed by atoms with Crippen LogP contribution in [0.5, 0.6) is 0 Å². The number of hydrogen-bond acceptors (Lipinski definition) is 2. The molecule has 0 N–H and O–H groups in total. The second kappa shape index (κ2) is 1.62. The minimum absolute atomic E-state index is 0.0434. The third-order valence-corrected chi connectivity index (χ3v) is 3.47. The molecule has 3 aliphatic rings. The molecule has 0 aromatic carbocycles. The first-order valence-corrected chi connectivity index (χ1v) is 4.53. The van der Waals surface area contributed by atoms with Gasteiger partial charge in [0, 0.05) is 6.42 Å². The fourth-order valence-corrected chi connectivity index (χ4v) is 2.68. The van der Waals surface area contributed by atoms with Gasteiger partial charge in [-0.2, -0.15) is 0 Å². The van der Waals surface area contributed by atoms with E-state index in [0.29, 0.717) is 0 Å². The second-order valence-corrected chi connectivity index (χ2v) is 4.20. The van der Waals surface area contributed by atoms with E-state index in [9.17, 15) is 4.79 Å². The summed E-state index contributed by atoms with van der Waals surface area (Å²) in [4.78, 5) is 11.2. The zero-order chi connectivity index (χ0) is 7.47. The summed E-state index contributed by atoms with van der Waals surface area (Å²) in [5.74, 6) is 1.10. The summed E-state index contributed by atoms with van der Waals surface area (Å²) in [6, 6.07) is 0. The Hall–Kier alpha value is -0.530. The molecule has 2 heteroatoms. The first kappa shape index (κ1) is 6.04. The third kappa shape index (κ3) is 0.652. The van der Waals surface area contributed by atoms with Crippen molar-refractivity contribution >= 4 is 5.97 Å². The molecule has 2 nitrogen and oxygen atoms in total. The molecule has 0 spiro atoms. The highest BCUT2D eigenvalue weighted by Crippen LogP contribution is 2.56. The minimum atomic E-state index is 0.0434. The van der Waals surface area contributed by atoms with Crippen LogP contribution in [0.25, 0.3) is 0 Å². The lowest BCUT2D eigenvalue weighted by atomic mass is 9.96. The van der Waals surface area contributed by atoms with E-state index in [0.717, 1.165) is 25.2 Å². The Morgan fingerprint density at radius 2 is 2.18 bits per heavy atom. The molecule has 3 fully saturated rings. The van der Waals surface area contributed by atoms with E-state index < -0.39 is 0 Å². The van der Waals surface area contributed by atoms with Crippen LogP contribution in [0, 0.1) is 11.8 Å². The van der Waals surface area contributed by atoms with Gasteiger partial charge in [-0.15, -0.1) is 0 Å². The number of carbonyl (C=O) groups excluding carboxylic acids is 1. The van der Waals surface area contributed by atoms with E-state index in [1.807, 2.05) is 0 Å². The van der Waals surface area contributed by atoms with Crippen molar-refractivity contribution in [1.82, 2.24) is 0 Å². The Labute approximate surface area is 65.9 Å². The van der Waals surface area contributed by atoms with E-state index in [-0.39, 0.29) is 17.5 Å². The summed E-state index contributed by atoms with van der Waals surface area (Å²) in [5.41, 5.74) is 0.0434. The SMILES string of the molecule is O=C1O[C@]2(C3CC3)CC[C@H]1C2. The quantitative estimate of drug-likeness (QED) is 0.532. The predicted octanol–water partition coefficient (Wildman–Crippen LogP) is 1.49. The molecular formula is C9H12O2. The summed E-state index contributed by atoms with van der Waals surface area (Å²) < 4.78 is 5.43. The lowest BCUT2D eigenvalue weighted by molar-refractivity contribution is -0.157. The molecule has 0 radical (unpaired) electrons. The van der Waals surface area contributed by atoms with Gasteiger partial charge in [0.1, 0.15) is 5.60 Å². The molecule has 1 heterocycles. The van der Waals surface area contributed by atoms with E-state index >= 15 is 0 Å². The van der Waals surface area contributed by atoms with Gasteiger partial charge in [0.2, 0.25) is 0 Å². The van der Waals surface area contributed by atoms with Gasteiger partial charge in [0.25, 0.3) is 0 Å². The van der Waals surface area contributed by atoms with Crippen LogP contribution in [0.15, 0.2) is 0 Å². The van der Waals surface area contributed by atoms with Crippen molar-refractivity contribution in [2.45, 2.75) is 37.7 Å². The number of fused-ring (bicyclic) bond motifs is 2. The Morgan fingerprint density at radius 1 is 1.36 bits per heavy atom. The fourth-order valence-electron chi connectivity index (χ4n) is 2.68. The van der Waals surface area contributed by atoms with Crippen LogP contribution in [-0.4, -0.2) is 11.6 Å². The zero-order valence-corrected chi connectivity index (χ0v) is 6.51. The molecule has 1 aliphatic heterocycles. The van der Waals surface area contributed by atoms with Crippen LogP contribution in [0.3, 0.4) is 0 Å². The van der Waals surface area contributed by atoms with E-state index in [1.165, 1.54) is 12.8 Å². The van der Waals surface area contributed by atoms with Gasteiger partial charge in [-0.3, -0.25) is 4.79 Å². The summed E-state index contributed by atoms with van der Waals surface area (Å²) in [5, 5.41) is 0. The largest absolute Gasteiger partial charge is 0.459 e. The smallest absolute Gasteiger partial charge is 0.309 e. The first-order valence-electron chi connectivity index (χ1n) is 4.53. The van der Waals surface area contributed by atoms with Crippen molar-refractivity contribution in [2.24, 2.45) is 11.8 Å². The van der Waals surface area contributed by atoms with Crippen LogP contribution in [0.1, 0.15) is 32.1 Å². The maximum atomic E-state index is 11.2. The van der Waals surface area contributed by atoms with Gasteiger partial charge < -0.3 is 4.74 Å².